The van der Waals surface area contributed by atoms with Crippen molar-refractivity contribution in [2.45, 2.75) is 44.3 Å². The molecule has 1 aromatic rings. The second-order valence-electron chi connectivity index (χ2n) is 6.29. The number of aromatic nitrogens is 1. The molecule has 3 rings (SSSR count). The molecule has 2 heterocycles. The number of hydrogen-bond donors (Lipinski definition) is 1. The van der Waals surface area contributed by atoms with Gasteiger partial charge in [0.05, 0.1) is 11.4 Å². The molecule has 0 bridgehead atoms. The van der Waals surface area contributed by atoms with Crippen molar-refractivity contribution in [2.24, 2.45) is 0 Å². The fourth-order valence-electron chi connectivity index (χ4n) is 2.69. The van der Waals surface area contributed by atoms with Gasteiger partial charge in [-0.2, -0.15) is 10.9 Å². The fourth-order valence-corrected chi connectivity index (χ4v) is 5.00. The van der Waals surface area contributed by atoms with E-state index in [1.165, 1.54) is 23.4 Å². The molecular weight excluding hydrogens is 294 g/mol. The van der Waals surface area contributed by atoms with Crippen LogP contribution in [0.4, 0.5) is 0 Å². The lowest BCUT2D eigenvalue weighted by molar-refractivity contribution is -0.145. The van der Waals surface area contributed by atoms with Crippen LogP contribution in [0, 0.1) is 0 Å². The van der Waals surface area contributed by atoms with E-state index in [-0.39, 0.29) is 5.97 Å². The lowest BCUT2D eigenvalue weighted by Crippen LogP contribution is -2.33. The second-order valence-corrected chi connectivity index (χ2v) is 8.93. The first kappa shape index (κ1) is 15.3. The van der Waals surface area contributed by atoms with E-state index in [2.05, 4.69) is 34.7 Å². The van der Waals surface area contributed by atoms with E-state index >= 15 is 0 Å². The highest BCUT2D eigenvalue weighted by atomic mass is 32.2. The Hall–Kier alpha value is -1.55. The topological polar surface area (TPSA) is 39.2 Å². The summed E-state index contributed by atoms with van der Waals surface area (Å²) in [5.74, 6) is 0.545. The number of carbonyl (C=O) groups excluding carboxylic acids is 1. The number of thiol groups is 1. The number of hydrogen-bond acceptors (Lipinski definition) is 3. The van der Waals surface area contributed by atoms with Crippen LogP contribution >= 0.6 is 10.9 Å². The van der Waals surface area contributed by atoms with E-state index in [1.807, 2.05) is 27.0 Å². The van der Waals surface area contributed by atoms with E-state index in [4.69, 9.17) is 4.74 Å². The van der Waals surface area contributed by atoms with Crippen molar-refractivity contribution in [2.75, 3.05) is 6.61 Å². The maximum atomic E-state index is 12.3. The maximum Gasteiger partial charge on any atom is 0.320 e. The number of pyridine rings is 1. The van der Waals surface area contributed by atoms with Crippen molar-refractivity contribution in [3.63, 3.8) is 0 Å². The van der Waals surface area contributed by atoms with Gasteiger partial charge in [-0.25, -0.2) is 0 Å². The molecule has 3 nitrogen and oxygen atoms in total. The number of rotatable bonds is 5. The van der Waals surface area contributed by atoms with Gasteiger partial charge < -0.3 is 4.74 Å². The Morgan fingerprint density at radius 1 is 1.41 bits per heavy atom. The standard InChI is InChI=1S/C18H23NO2S/c1-4-21-17(20)18(2,3)22-11-5-6-16(22)14-9-10-15(19-12-14)13-7-8-13/h5-6,9-13,22H,4,7-8H2,1-3H3. The van der Waals surface area contributed by atoms with Crippen molar-refractivity contribution >= 4 is 21.8 Å². The molecule has 1 saturated carbocycles. The Kier molecular flexibility index (Phi) is 4.13. The van der Waals surface area contributed by atoms with E-state index < -0.39 is 15.6 Å². The molecule has 0 radical (unpaired) electrons. The molecule has 0 amide bonds. The Balaban J connectivity index is 1.82. The summed E-state index contributed by atoms with van der Waals surface area (Å²) >= 11 is 0. The molecule has 1 fully saturated rings. The van der Waals surface area contributed by atoms with Crippen LogP contribution in [0.5, 0.6) is 0 Å². The SMILES string of the molecule is CCOC(=O)C(C)(C)[SH]1C=CC=C1c1ccc(C2CC2)nc1. The number of carbonyl (C=O) groups is 1. The third-order valence-electron chi connectivity index (χ3n) is 4.20. The number of allylic oxidation sites excluding steroid dienone is 2. The zero-order valence-corrected chi connectivity index (χ0v) is 14.3. The average molecular weight is 317 g/mol. The fraction of sp³-hybridized carbons (Fsp3) is 0.444. The van der Waals surface area contributed by atoms with Gasteiger partial charge in [-0.15, -0.1) is 0 Å². The second kappa shape index (κ2) is 5.92. The smallest absolute Gasteiger partial charge is 0.320 e. The molecule has 1 aromatic heterocycles. The van der Waals surface area contributed by atoms with Crippen molar-refractivity contribution < 1.29 is 9.53 Å². The highest BCUT2D eigenvalue weighted by Crippen LogP contribution is 2.56. The number of nitrogens with zero attached hydrogens (tertiary/aromatic N) is 1. The number of ether oxygens (including phenoxy) is 1. The predicted molar refractivity (Wildman–Crippen MR) is 93.0 cm³/mol. The van der Waals surface area contributed by atoms with Crippen molar-refractivity contribution in [1.82, 2.24) is 4.98 Å². The lowest BCUT2D eigenvalue weighted by Gasteiger charge is -2.33. The minimum absolute atomic E-state index is 0.124. The molecular formula is C18H23NO2S. The normalized spacial score (nSPS) is 22.5. The molecule has 4 heteroatoms. The monoisotopic (exact) mass is 317 g/mol. The van der Waals surface area contributed by atoms with Gasteiger partial charge in [-0.3, -0.25) is 9.78 Å². The van der Waals surface area contributed by atoms with Gasteiger partial charge in [0.15, 0.2) is 0 Å². The summed E-state index contributed by atoms with van der Waals surface area (Å²) in [4.78, 5) is 18.1. The number of esters is 1. The Labute approximate surface area is 134 Å². The van der Waals surface area contributed by atoms with Gasteiger partial charge in [0.25, 0.3) is 0 Å². The van der Waals surface area contributed by atoms with Gasteiger partial charge in [-0.05, 0) is 51.2 Å². The molecule has 0 aromatic carbocycles. The first-order valence-electron chi connectivity index (χ1n) is 7.85. The molecule has 118 valence electrons. The molecule has 22 heavy (non-hydrogen) atoms. The molecule has 0 saturated heterocycles. The minimum Gasteiger partial charge on any atom is -0.465 e. The van der Waals surface area contributed by atoms with Crippen LogP contribution in [-0.4, -0.2) is 22.3 Å². The van der Waals surface area contributed by atoms with Crippen LogP contribution in [0.2, 0.25) is 0 Å². The zero-order valence-electron chi connectivity index (χ0n) is 13.4. The van der Waals surface area contributed by atoms with Gasteiger partial charge in [-0.1, -0.05) is 12.1 Å². The highest BCUT2D eigenvalue weighted by molar-refractivity contribution is 8.29. The van der Waals surface area contributed by atoms with Crippen LogP contribution in [0.25, 0.3) is 4.91 Å². The molecule has 0 spiro atoms. The summed E-state index contributed by atoms with van der Waals surface area (Å²) in [6.45, 7) is 6.23. The van der Waals surface area contributed by atoms with E-state index in [9.17, 15) is 4.79 Å². The Morgan fingerprint density at radius 3 is 2.77 bits per heavy atom. The molecule has 1 atom stereocenters. The molecule has 1 unspecified atom stereocenters. The summed E-state index contributed by atoms with van der Waals surface area (Å²) < 4.78 is 4.75. The lowest BCUT2D eigenvalue weighted by atomic mass is 10.2. The van der Waals surface area contributed by atoms with Gasteiger partial charge in [0, 0.05) is 28.3 Å². The first-order valence-corrected chi connectivity index (χ1v) is 9.26. The Morgan fingerprint density at radius 2 is 2.18 bits per heavy atom. The maximum absolute atomic E-state index is 12.3. The summed E-state index contributed by atoms with van der Waals surface area (Å²) in [6, 6.07) is 4.28. The van der Waals surface area contributed by atoms with E-state index in [0.717, 1.165) is 5.56 Å². The Bertz CT molecular complexity index is 627. The molecule has 1 aliphatic carbocycles. The van der Waals surface area contributed by atoms with Gasteiger partial charge in [0.1, 0.15) is 0 Å². The minimum atomic E-state index is -0.722. The predicted octanol–water partition coefficient (Wildman–Crippen LogP) is 4.17. The van der Waals surface area contributed by atoms with E-state index in [1.54, 1.807) is 0 Å². The third-order valence-corrected chi connectivity index (χ3v) is 6.99. The highest BCUT2D eigenvalue weighted by Gasteiger charge is 2.38. The zero-order chi connectivity index (χ0) is 15.7. The molecule has 0 N–H and O–H groups in total. The summed E-state index contributed by atoms with van der Waals surface area (Å²) in [5, 5.41) is 2.15. The van der Waals surface area contributed by atoms with E-state index in [0.29, 0.717) is 12.5 Å². The largest absolute Gasteiger partial charge is 0.465 e. The van der Waals surface area contributed by atoms with Gasteiger partial charge >= 0.3 is 5.97 Å². The quantitative estimate of drug-likeness (QED) is 0.654. The van der Waals surface area contributed by atoms with Gasteiger partial charge in [0.2, 0.25) is 0 Å². The molecule has 2 aliphatic rings. The van der Waals surface area contributed by atoms with Crippen molar-refractivity contribution in [3.05, 3.63) is 47.1 Å². The van der Waals surface area contributed by atoms with Crippen LogP contribution < -0.4 is 0 Å². The summed E-state index contributed by atoms with van der Waals surface area (Å²) in [6.07, 6.45) is 8.65. The van der Waals surface area contributed by atoms with Crippen LogP contribution in [0.1, 0.15) is 50.8 Å². The average Bonchev–Trinajstić information content (AvgIpc) is 3.24. The van der Waals surface area contributed by atoms with Crippen LogP contribution in [0.15, 0.2) is 35.9 Å². The van der Waals surface area contributed by atoms with Crippen molar-refractivity contribution in [3.8, 4) is 0 Å². The van der Waals surface area contributed by atoms with Crippen molar-refractivity contribution in [1.29, 1.82) is 0 Å². The summed E-state index contributed by atoms with van der Waals surface area (Å²) in [5.41, 5.74) is 2.32. The third kappa shape index (κ3) is 2.84. The summed E-state index contributed by atoms with van der Waals surface area (Å²) in [7, 11) is -0.722. The van der Waals surface area contributed by atoms with Crippen LogP contribution in [-0.2, 0) is 9.53 Å². The van der Waals surface area contributed by atoms with Crippen LogP contribution in [0.3, 0.4) is 0 Å². The first-order chi connectivity index (χ1) is 10.5. The molecule has 1 aliphatic heterocycles.